The molecule has 2 rings (SSSR count). The van der Waals surface area contributed by atoms with Crippen LogP contribution in [0.3, 0.4) is 0 Å². The predicted molar refractivity (Wildman–Crippen MR) is 75.3 cm³/mol. The first-order chi connectivity index (χ1) is 8.86. The van der Waals surface area contributed by atoms with Gasteiger partial charge in [-0.15, -0.1) is 11.3 Å². The van der Waals surface area contributed by atoms with Crippen molar-refractivity contribution < 1.29 is 4.79 Å². The van der Waals surface area contributed by atoms with Crippen LogP contribution < -0.4 is 5.32 Å². The van der Waals surface area contributed by atoms with Crippen molar-refractivity contribution in [3.63, 3.8) is 0 Å². The summed E-state index contributed by atoms with van der Waals surface area (Å²) in [6, 6.07) is 1.80. The number of nitrogens with zero attached hydrogens (tertiary/aromatic N) is 2. The second kappa shape index (κ2) is 5.13. The highest BCUT2D eigenvalue weighted by Crippen LogP contribution is 2.20. The van der Waals surface area contributed by atoms with E-state index in [4.69, 9.17) is 0 Å². The molecule has 5 nitrogen and oxygen atoms in total. The monoisotopic (exact) mass is 278 g/mol. The fraction of sp³-hybridized carbons (Fsp3) is 0.462. The molecular formula is C13H18N4OS. The Labute approximate surface area is 116 Å². The number of hydrogen-bond acceptors (Lipinski definition) is 4. The number of rotatable bonds is 3. The summed E-state index contributed by atoms with van der Waals surface area (Å²) in [5.41, 5.74) is 1.33. The Hall–Kier alpha value is -1.69. The second-order valence-corrected chi connectivity index (χ2v) is 6.76. The number of carbonyl (C=O) groups excluding carboxylic acids is 1. The van der Waals surface area contributed by atoms with Crippen molar-refractivity contribution in [1.29, 1.82) is 0 Å². The topological polar surface area (TPSA) is 70.7 Å². The van der Waals surface area contributed by atoms with E-state index in [2.05, 4.69) is 41.3 Å². The molecular weight excluding hydrogens is 260 g/mol. The van der Waals surface area contributed by atoms with E-state index in [-0.39, 0.29) is 11.3 Å². The lowest BCUT2D eigenvalue weighted by atomic mass is 9.92. The summed E-state index contributed by atoms with van der Waals surface area (Å²) in [6.45, 7) is 8.65. The van der Waals surface area contributed by atoms with Crippen LogP contribution in [0.15, 0.2) is 12.3 Å². The second-order valence-electron chi connectivity index (χ2n) is 5.45. The van der Waals surface area contributed by atoms with Crippen LogP contribution in [0.2, 0.25) is 0 Å². The molecule has 19 heavy (non-hydrogen) atoms. The van der Waals surface area contributed by atoms with Gasteiger partial charge in [0.15, 0.2) is 0 Å². The van der Waals surface area contributed by atoms with Gasteiger partial charge in [-0.25, -0.2) is 4.98 Å². The van der Waals surface area contributed by atoms with Gasteiger partial charge in [-0.2, -0.15) is 5.10 Å². The van der Waals surface area contributed by atoms with Crippen molar-refractivity contribution >= 4 is 17.2 Å². The van der Waals surface area contributed by atoms with Crippen molar-refractivity contribution in [2.45, 2.75) is 39.7 Å². The summed E-state index contributed by atoms with van der Waals surface area (Å²) in [7, 11) is 0. The molecule has 0 saturated carbocycles. The molecule has 0 saturated heterocycles. The normalized spacial score (nSPS) is 11.6. The molecule has 0 aromatic carbocycles. The van der Waals surface area contributed by atoms with Crippen molar-refractivity contribution in [1.82, 2.24) is 20.5 Å². The first-order valence-electron chi connectivity index (χ1n) is 6.11. The Morgan fingerprint density at radius 2 is 2.21 bits per heavy atom. The zero-order valence-electron chi connectivity index (χ0n) is 11.6. The smallest absolute Gasteiger partial charge is 0.272 e. The number of aromatic nitrogens is 3. The molecule has 0 fully saturated rings. The fourth-order valence-electron chi connectivity index (χ4n) is 1.57. The van der Waals surface area contributed by atoms with Gasteiger partial charge in [0.1, 0.15) is 5.69 Å². The number of nitrogens with one attached hydrogen (secondary N) is 2. The van der Waals surface area contributed by atoms with Crippen molar-refractivity contribution in [2.75, 3.05) is 0 Å². The van der Waals surface area contributed by atoms with Gasteiger partial charge in [0.05, 0.1) is 11.6 Å². The largest absolute Gasteiger partial charge is 0.346 e. The van der Waals surface area contributed by atoms with Gasteiger partial charge in [-0.1, -0.05) is 20.8 Å². The van der Waals surface area contributed by atoms with Crippen molar-refractivity contribution in [3.05, 3.63) is 33.5 Å². The Morgan fingerprint density at radius 1 is 1.47 bits per heavy atom. The Morgan fingerprint density at radius 3 is 2.74 bits per heavy atom. The predicted octanol–water partition coefficient (Wildman–Crippen LogP) is 2.40. The minimum absolute atomic E-state index is 0.0414. The van der Waals surface area contributed by atoms with E-state index < -0.39 is 0 Å². The van der Waals surface area contributed by atoms with E-state index in [1.165, 1.54) is 0 Å². The Balaban J connectivity index is 1.98. The summed E-state index contributed by atoms with van der Waals surface area (Å²) >= 11 is 1.58. The van der Waals surface area contributed by atoms with E-state index in [0.29, 0.717) is 12.2 Å². The average molecular weight is 278 g/mol. The van der Waals surface area contributed by atoms with Crippen LogP contribution in [0.5, 0.6) is 0 Å². The van der Waals surface area contributed by atoms with Gasteiger partial charge in [-0.3, -0.25) is 9.89 Å². The number of H-pyrrole nitrogens is 1. The van der Waals surface area contributed by atoms with Gasteiger partial charge in [-0.05, 0) is 13.0 Å². The lowest BCUT2D eigenvalue weighted by Gasteiger charge is -2.14. The molecule has 0 unspecified atom stereocenters. The molecule has 0 aliphatic carbocycles. The van der Waals surface area contributed by atoms with E-state index in [1.807, 2.05) is 6.92 Å². The molecule has 0 atom stereocenters. The molecule has 102 valence electrons. The van der Waals surface area contributed by atoms with Crippen LogP contribution in [0, 0.1) is 6.92 Å². The maximum atomic E-state index is 12.0. The minimum atomic E-state index is -0.169. The van der Waals surface area contributed by atoms with Crippen LogP contribution in [-0.4, -0.2) is 21.1 Å². The molecule has 0 aliphatic rings. The summed E-state index contributed by atoms with van der Waals surface area (Å²) in [5, 5.41) is 10.8. The first kappa shape index (κ1) is 13.7. The van der Waals surface area contributed by atoms with Crippen LogP contribution >= 0.6 is 11.3 Å². The van der Waals surface area contributed by atoms with Gasteiger partial charge in [0.2, 0.25) is 0 Å². The van der Waals surface area contributed by atoms with E-state index in [1.54, 1.807) is 23.6 Å². The minimum Gasteiger partial charge on any atom is -0.346 e. The molecule has 0 aliphatic heterocycles. The molecule has 0 spiro atoms. The number of amides is 1. The van der Waals surface area contributed by atoms with Crippen LogP contribution in [-0.2, 0) is 12.0 Å². The van der Waals surface area contributed by atoms with Gasteiger partial charge in [0.25, 0.3) is 5.91 Å². The van der Waals surface area contributed by atoms with Gasteiger partial charge in [0, 0.05) is 22.2 Å². The zero-order chi connectivity index (χ0) is 14.0. The molecule has 2 aromatic rings. The van der Waals surface area contributed by atoms with Crippen LogP contribution in [0.1, 0.15) is 46.8 Å². The third kappa shape index (κ3) is 3.41. The Kier molecular flexibility index (Phi) is 3.71. The molecule has 6 heteroatoms. The molecule has 2 aromatic heterocycles. The van der Waals surface area contributed by atoms with E-state index in [9.17, 15) is 4.79 Å². The number of aromatic amines is 1. The Bertz CT molecular complexity index is 579. The summed E-state index contributed by atoms with van der Waals surface area (Å²) in [5.74, 6) is -0.169. The highest BCUT2D eigenvalue weighted by atomic mass is 32.1. The highest BCUT2D eigenvalue weighted by Gasteiger charge is 2.19. The van der Waals surface area contributed by atoms with Crippen molar-refractivity contribution in [3.8, 4) is 0 Å². The van der Waals surface area contributed by atoms with Gasteiger partial charge >= 0.3 is 0 Å². The molecule has 2 heterocycles. The number of aryl methyl sites for hydroxylation is 1. The maximum absolute atomic E-state index is 12.0. The van der Waals surface area contributed by atoms with Crippen molar-refractivity contribution in [2.24, 2.45) is 0 Å². The van der Waals surface area contributed by atoms with E-state index >= 15 is 0 Å². The maximum Gasteiger partial charge on any atom is 0.272 e. The number of hydrogen-bond donors (Lipinski definition) is 2. The lowest BCUT2D eigenvalue weighted by Crippen LogP contribution is -2.22. The summed E-state index contributed by atoms with van der Waals surface area (Å²) in [6.07, 6.45) is 1.78. The molecule has 1 amide bonds. The highest BCUT2D eigenvalue weighted by molar-refractivity contribution is 7.11. The summed E-state index contributed by atoms with van der Waals surface area (Å²) in [4.78, 5) is 17.1. The SMILES string of the molecule is Cc1ncc(CNC(=O)c2cc(C(C)(C)C)[nH]n2)s1. The quantitative estimate of drug-likeness (QED) is 0.905. The van der Waals surface area contributed by atoms with Gasteiger partial charge < -0.3 is 5.32 Å². The molecule has 0 radical (unpaired) electrons. The molecule has 0 bridgehead atoms. The van der Waals surface area contributed by atoms with Crippen LogP contribution in [0.4, 0.5) is 0 Å². The third-order valence-electron chi connectivity index (χ3n) is 2.71. The third-order valence-corrected chi connectivity index (χ3v) is 3.62. The number of carbonyl (C=O) groups is 1. The zero-order valence-corrected chi connectivity index (χ0v) is 12.4. The summed E-state index contributed by atoms with van der Waals surface area (Å²) < 4.78 is 0. The standard InChI is InChI=1S/C13H18N4OS/c1-8-14-6-9(19-8)7-15-12(18)10-5-11(17-16-10)13(2,3)4/h5-6H,7H2,1-4H3,(H,15,18)(H,16,17). The number of thiazole rings is 1. The fourth-order valence-corrected chi connectivity index (χ4v) is 2.30. The van der Waals surface area contributed by atoms with E-state index in [0.717, 1.165) is 15.6 Å². The average Bonchev–Trinajstić information content (AvgIpc) is 2.93. The lowest BCUT2D eigenvalue weighted by molar-refractivity contribution is 0.0946. The molecule has 2 N–H and O–H groups in total. The van der Waals surface area contributed by atoms with Crippen LogP contribution in [0.25, 0.3) is 0 Å². The first-order valence-corrected chi connectivity index (χ1v) is 6.93.